The molecular weight excluding hydrogens is 316 g/mol. The number of H-pyrrole nitrogens is 1. The third-order valence-corrected chi connectivity index (χ3v) is 5.65. The van der Waals surface area contributed by atoms with Gasteiger partial charge in [0.05, 0.1) is 6.26 Å². The standard InChI is InChI=1S/C19H26N4O2/c24-19(17-7-4-14-25-17)23-12-10-22(11-13-23)16-6-3-1-2-5-15(16)18-20-8-9-21-18/h4,7-9,14-16H,1-3,5-6,10-13H2,(H,20,21). The number of nitrogens with one attached hydrogen (secondary N) is 1. The Bertz CT molecular complexity index is 660. The van der Waals surface area contributed by atoms with Crippen LogP contribution in [0.5, 0.6) is 0 Å². The number of amides is 1. The van der Waals surface area contributed by atoms with Crippen molar-refractivity contribution in [1.82, 2.24) is 19.8 Å². The molecule has 2 aromatic rings. The van der Waals surface area contributed by atoms with Crippen LogP contribution in [0, 0.1) is 0 Å². The van der Waals surface area contributed by atoms with Gasteiger partial charge in [0.25, 0.3) is 5.91 Å². The van der Waals surface area contributed by atoms with E-state index in [1.165, 1.54) is 32.1 Å². The summed E-state index contributed by atoms with van der Waals surface area (Å²) in [5.41, 5.74) is 0. The molecule has 1 amide bonds. The molecule has 2 aromatic heterocycles. The Hall–Kier alpha value is -2.08. The van der Waals surface area contributed by atoms with Crippen molar-refractivity contribution in [2.45, 2.75) is 44.1 Å². The fourth-order valence-electron chi connectivity index (χ4n) is 4.34. The summed E-state index contributed by atoms with van der Waals surface area (Å²) >= 11 is 0. The van der Waals surface area contributed by atoms with E-state index in [9.17, 15) is 4.79 Å². The van der Waals surface area contributed by atoms with Gasteiger partial charge in [0.2, 0.25) is 0 Å². The molecule has 25 heavy (non-hydrogen) atoms. The lowest BCUT2D eigenvalue weighted by Crippen LogP contribution is -2.53. The first-order valence-corrected chi connectivity index (χ1v) is 9.39. The predicted octanol–water partition coefficient (Wildman–Crippen LogP) is 2.88. The van der Waals surface area contributed by atoms with Gasteiger partial charge in [0.1, 0.15) is 5.82 Å². The lowest BCUT2D eigenvalue weighted by atomic mass is 9.92. The van der Waals surface area contributed by atoms with Gasteiger partial charge < -0.3 is 14.3 Å². The second-order valence-corrected chi connectivity index (χ2v) is 7.09. The van der Waals surface area contributed by atoms with E-state index in [1.54, 1.807) is 18.4 Å². The quantitative estimate of drug-likeness (QED) is 0.871. The summed E-state index contributed by atoms with van der Waals surface area (Å²) in [5.74, 6) is 2.05. The average Bonchev–Trinajstić information content (AvgIpc) is 3.32. The molecule has 2 aliphatic rings. The molecule has 0 radical (unpaired) electrons. The van der Waals surface area contributed by atoms with Crippen molar-refractivity contribution in [2.75, 3.05) is 26.2 Å². The van der Waals surface area contributed by atoms with Gasteiger partial charge in [-0.2, -0.15) is 0 Å². The van der Waals surface area contributed by atoms with Gasteiger partial charge in [-0.15, -0.1) is 0 Å². The van der Waals surface area contributed by atoms with Crippen molar-refractivity contribution in [1.29, 1.82) is 0 Å². The molecule has 1 N–H and O–H groups in total. The fourth-order valence-corrected chi connectivity index (χ4v) is 4.34. The van der Waals surface area contributed by atoms with Crippen molar-refractivity contribution in [3.8, 4) is 0 Å². The Kier molecular flexibility index (Phi) is 4.88. The van der Waals surface area contributed by atoms with Crippen molar-refractivity contribution in [3.05, 3.63) is 42.4 Å². The number of aromatic amines is 1. The summed E-state index contributed by atoms with van der Waals surface area (Å²) in [4.78, 5) is 24.8. The summed E-state index contributed by atoms with van der Waals surface area (Å²) in [5, 5.41) is 0. The number of hydrogen-bond donors (Lipinski definition) is 1. The second-order valence-electron chi connectivity index (χ2n) is 7.09. The van der Waals surface area contributed by atoms with Gasteiger partial charge in [-0.05, 0) is 25.0 Å². The van der Waals surface area contributed by atoms with Crippen molar-refractivity contribution in [3.63, 3.8) is 0 Å². The van der Waals surface area contributed by atoms with E-state index >= 15 is 0 Å². The third kappa shape index (κ3) is 3.49. The topological polar surface area (TPSA) is 65.4 Å². The molecule has 0 aromatic carbocycles. The van der Waals surface area contributed by atoms with Crippen LogP contribution >= 0.6 is 0 Å². The van der Waals surface area contributed by atoms with Crippen LogP contribution in [0.4, 0.5) is 0 Å². The van der Waals surface area contributed by atoms with Gasteiger partial charge in [0, 0.05) is 50.5 Å². The maximum atomic E-state index is 12.4. The number of hydrogen-bond acceptors (Lipinski definition) is 4. The first-order chi connectivity index (χ1) is 12.3. The zero-order valence-corrected chi connectivity index (χ0v) is 14.6. The first-order valence-electron chi connectivity index (χ1n) is 9.39. The highest BCUT2D eigenvalue weighted by atomic mass is 16.3. The molecule has 2 unspecified atom stereocenters. The predicted molar refractivity (Wildman–Crippen MR) is 94.4 cm³/mol. The van der Waals surface area contributed by atoms with E-state index < -0.39 is 0 Å². The van der Waals surface area contributed by atoms with Crippen LogP contribution in [-0.4, -0.2) is 57.9 Å². The van der Waals surface area contributed by atoms with E-state index in [0.29, 0.717) is 17.7 Å². The fraction of sp³-hybridized carbons (Fsp3) is 0.579. The summed E-state index contributed by atoms with van der Waals surface area (Å²) in [6.45, 7) is 3.38. The molecule has 0 bridgehead atoms. The van der Waals surface area contributed by atoms with Crippen molar-refractivity contribution in [2.24, 2.45) is 0 Å². The second kappa shape index (κ2) is 7.44. The molecule has 1 aliphatic heterocycles. The number of nitrogens with zero attached hydrogens (tertiary/aromatic N) is 3. The molecule has 6 heteroatoms. The van der Waals surface area contributed by atoms with E-state index in [1.807, 2.05) is 17.3 Å². The molecule has 0 spiro atoms. The minimum Gasteiger partial charge on any atom is -0.459 e. The lowest BCUT2D eigenvalue weighted by Gasteiger charge is -2.41. The number of imidazole rings is 1. The normalized spacial score (nSPS) is 25.7. The highest BCUT2D eigenvalue weighted by Crippen LogP contribution is 2.34. The molecule has 134 valence electrons. The van der Waals surface area contributed by atoms with Crippen LogP contribution < -0.4 is 0 Å². The number of aromatic nitrogens is 2. The Labute approximate surface area is 148 Å². The number of carbonyl (C=O) groups excluding carboxylic acids is 1. The van der Waals surface area contributed by atoms with E-state index in [-0.39, 0.29) is 5.91 Å². The zero-order valence-electron chi connectivity index (χ0n) is 14.6. The average molecular weight is 342 g/mol. The minimum atomic E-state index is 0.00750. The molecule has 3 heterocycles. The van der Waals surface area contributed by atoms with Crippen LogP contribution in [-0.2, 0) is 0 Å². The smallest absolute Gasteiger partial charge is 0.289 e. The molecule has 2 fully saturated rings. The van der Waals surface area contributed by atoms with Gasteiger partial charge in [-0.25, -0.2) is 4.98 Å². The molecule has 4 rings (SSSR count). The molecule has 1 saturated heterocycles. The van der Waals surface area contributed by atoms with Crippen LogP contribution in [0.25, 0.3) is 0 Å². The van der Waals surface area contributed by atoms with Gasteiger partial charge >= 0.3 is 0 Å². The molecule has 6 nitrogen and oxygen atoms in total. The van der Waals surface area contributed by atoms with Crippen molar-refractivity contribution >= 4 is 5.91 Å². The largest absolute Gasteiger partial charge is 0.459 e. The summed E-state index contributed by atoms with van der Waals surface area (Å²) in [6, 6.07) is 4.03. The first kappa shape index (κ1) is 16.4. The number of carbonyl (C=O) groups is 1. The Morgan fingerprint density at radius 1 is 1.16 bits per heavy atom. The Balaban J connectivity index is 1.42. The Morgan fingerprint density at radius 3 is 2.72 bits per heavy atom. The van der Waals surface area contributed by atoms with Crippen molar-refractivity contribution < 1.29 is 9.21 Å². The number of piperazine rings is 1. The highest BCUT2D eigenvalue weighted by Gasteiger charge is 2.34. The van der Waals surface area contributed by atoms with Gasteiger partial charge in [0.15, 0.2) is 5.76 Å². The van der Waals surface area contributed by atoms with E-state index in [4.69, 9.17) is 4.42 Å². The SMILES string of the molecule is O=C(c1ccco1)N1CCN(C2CCCCCC2c2ncc[nH]2)CC1. The minimum absolute atomic E-state index is 0.00750. The number of furan rings is 1. The van der Waals surface area contributed by atoms with Crippen LogP contribution in [0.3, 0.4) is 0 Å². The van der Waals surface area contributed by atoms with Crippen LogP contribution in [0.1, 0.15) is 54.4 Å². The highest BCUT2D eigenvalue weighted by molar-refractivity contribution is 5.91. The van der Waals surface area contributed by atoms with Gasteiger partial charge in [-0.1, -0.05) is 19.3 Å². The Morgan fingerprint density at radius 2 is 2.00 bits per heavy atom. The zero-order chi connectivity index (χ0) is 17.1. The summed E-state index contributed by atoms with van der Waals surface area (Å²) in [7, 11) is 0. The summed E-state index contributed by atoms with van der Waals surface area (Å²) in [6.07, 6.45) is 11.6. The van der Waals surface area contributed by atoms with Gasteiger partial charge in [-0.3, -0.25) is 9.69 Å². The maximum Gasteiger partial charge on any atom is 0.289 e. The van der Waals surface area contributed by atoms with E-state index in [2.05, 4.69) is 14.9 Å². The molecule has 1 saturated carbocycles. The molecule has 2 atom stereocenters. The number of rotatable bonds is 3. The lowest BCUT2D eigenvalue weighted by molar-refractivity contribution is 0.0497. The monoisotopic (exact) mass is 342 g/mol. The van der Waals surface area contributed by atoms with Crippen LogP contribution in [0.2, 0.25) is 0 Å². The molecule has 1 aliphatic carbocycles. The third-order valence-electron chi connectivity index (χ3n) is 5.65. The maximum absolute atomic E-state index is 12.4. The van der Waals surface area contributed by atoms with E-state index in [0.717, 1.165) is 32.0 Å². The summed E-state index contributed by atoms with van der Waals surface area (Å²) < 4.78 is 5.26. The van der Waals surface area contributed by atoms with Crippen LogP contribution in [0.15, 0.2) is 35.2 Å². The molecular formula is C19H26N4O2.